The predicted molar refractivity (Wildman–Crippen MR) is 135 cm³/mol. The molecule has 1 fully saturated rings. The smallest absolute Gasteiger partial charge is 0.251 e. The van der Waals surface area contributed by atoms with Crippen molar-refractivity contribution in [1.82, 2.24) is 25.3 Å². The number of aromatic amines is 1. The fourth-order valence-corrected chi connectivity index (χ4v) is 5.33. The lowest BCUT2D eigenvalue weighted by Crippen LogP contribution is -2.41. The number of aromatic nitrogens is 4. The highest BCUT2D eigenvalue weighted by Crippen LogP contribution is 2.31. The first-order valence-corrected chi connectivity index (χ1v) is 13.5. The Morgan fingerprint density at radius 3 is 2.56 bits per heavy atom. The Kier molecular flexibility index (Phi) is 6.64. The monoisotopic (exact) mass is 508 g/mol. The van der Waals surface area contributed by atoms with Crippen molar-refractivity contribution in [3.63, 3.8) is 0 Å². The third kappa shape index (κ3) is 5.35. The van der Waals surface area contributed by atoms with E-state index < -0.39 is 9.84 Å². The van der Waals surface area contributed by atoms with E-state index in [9.17, 15) is 17.6 Å². The molecule has 9 nitrogen and oxygen atoms in total. The first kappa shape index (κ1) is 23.9. The van der Waals surface area contributed by atoms with Crippen molar-refractivity contribution < 1.29 is 17.6 Å². The molecule has 3 heterocycles. The van der Waals surface area contributed by atoms with Crippen LogP contribution in [-0.2, 0) is 16.3 Å². The lowest BCUT2D eigenvalue weighted by molar-refractivity contribution is 0.0953. The van der Waals surface area contributed by atoms with E-state index in [1.54, 1.807) is 42.7 Å². The number of fused-ring (bicyclic) bond motifs is 1. The number of imidazole rings is 1. The molecule has 0 bridgehead atoms. The average molecular weight is 509 g/mol. The average Bonchev–Trinajstić information content (AvgIpc) is 3.40. The SMILES string of the molecule is O=C(NCCCc1ncc[nH]1)c1ccc2nc(N3CCS(=O)(=O)CC3)c(-c3ccc(F)cc3)nc2c1. The number of sulfone groups is 1. The zero-order valence-electron chi connectivity index (χ0n) is 19.4. The van der Waals surface area contributed by atoms with E-state index in [2.05, 4.69) is 15.3 Å². The molecule has 0 radical (unpaired) electrons. The molecule has 4 aromatic rings. The van der Waals surface area contributed by atoms with E-state index in [1.807, 2.05) is 4.90 Å². The number of anilines is 1. The number of aryl methyl sites for hydroxylation is 1. The van der Waals surface area contributed by atoms with E-state index in [-0.39, 0.29) is 23.2 Å². The van der Waals surface area contributed by atoms with Crippen molar-refractivity contribution >= 4 is 32.6 Å². The van der Waals surface area contributed by atoms with Crippen LogP contribution in [0.1, 0.15) is 22.6 Å². The van der Waals surface area contributed by atoms with Gasteiger partial charge in [-0.3, -0.25) is 4.79 Å². The van der Waals surface area contributed by atoms with Crippen molar-refractivity contribution in [3.8, 4) is 11.3 Å². The lowest BCUT2D eigenvalue weighted by Gasteiger charge is -2.29. The number of H-pyrrole nitrogens is 1. The van der Waals surface area contributed by atoms with Gasteiger partial charge >= 0.3 is 0 Å². The molecule has 0 aliphatic carbocycles. The minimum atomic E-state index is -3.08. The van der Waals surface area contributed by atoms with Gasteiger partial charge in [0.15, 0.2) is 15.7 Å². The molecular weight excluding hydrogens is 483 g/mol. The summed E-state index contributed by atoms with van der Waals surface area (Å²) in [5, 5.41) is 2.91. The maximum atomic E-state index is 13.6. The Hall–Kier alpha value is -3.86. The van der Waals surface area contributed by atoms with Gasteiger partial charge in [-0.05, 0) is 48.9 Å². The first-order chi connectivity index (χ1) is 17.4. The second-order valence-electron chi connectivity index (χ2n) is 8.64. The van der Waals surface area contributed by atoms with Crippen LogP contribution in [0.15, 0.2) is 54.9 Å². The third-order valence-corrected chi connectivity index (χ3v) is 7.71. The Bertz CT molecular complexity index is 1480. The van der Waals surface area contributed by atoms with Crippen LogP contribution in [0.3, 0.4) is 0 Å². The molecule has 186 valence electrons. The van der Waals surface area contributed by atoms with E-state index in [0.717, 1.165) is 18.7 Å². The van der Waals surface area contributed by atoms with Crippen LogP contribution in [0.5, 0.6) is 0 Å². The van der Waals surface area contributed by atoms with Crippen LogP contribution in [0.25, 0.3) is 22.3 Å². The summed E-state index contributed by atoms with van der Waals surface area (Å²) in [7, 11) is -3.08. The summed E-state index contributed by atoms with van der Waals surface area (Å²) in [6.45, 7) is 1.10. The van der Waals surface area contributed by atoms with Gasteiger partial charge in [-0.2, -0.15) is 0 Å². The van der Waals surface area contributed by atoms with Gasteiger partial charge in [0, 0.05) is 49.6 Å². The number of amides is 1. The largest absolute Gasteiger partial charge is 0.353 e. The van der Waals surface area contributed by atoms with Crippen molar-refractivity contribution in [2.45, 2.75) is 12.8 Å². The zero-order valence-corrected chi connectivity index (χ0v) is 20.3. The lowest BCUT2D eigenvalue weighted by atomic mass is 10.1. The maximum absolute atomic E-state index is 13.6. The third-order valence-electron chi connectivity index (χ3n) is 6.10. The Morgan fingerprint density at radius 1 is 1.06 bits per heavy atom. The van der Waals surface area contributed by atoms with E-state index in [1.165, 1.54) is 12.1 Å². The second-order valence-corrected chi connectivity index (χ2v) is 10.9. The van der Waals surface area contributed by atoms with Gasteiger partial charge in [-0.1, -0.05) is 0 Å². The van der Waals surface area contributed by atoms with Gasteiger partial charge in [0.25, 0.3) is 5.91 Å². The molecule has 11 heteroatoms. The number of hydrogen-bond donors (Lipinski definition) is 2. The molecule has 0 spiro atoms. The molecule has 2 N–H and O–H groups in total. The topological polar surface area (TPSA) is 121 Å². The number of carbonyl (C=O) groups excluding carboxylic acids is 1. The number of nitrogens with zero attached hydrogens (tertiary/aromatic N) is 4. The number of rotatable bonds is 7. The number of benzene rings is 2. The second kappa shape index (κ2) is 10.0. The first-order valence-electron chi connectivity index (χ1n) is 11.7. The van der Waals surface area contributed by atoms with Gasteiger partial charge < -0.3 is 15.2 Å². The van der Waals surface area contributed by atoms with Crippen molar-refractivity contribution in [1.29, 1.82) is 0 Å². The zero-order chi connectivity index (χ0) is 25.1. The standard InChI is InChI=1S/C25H25FN6O3S/c26-19-6-3-17(4-7-19)23-24(32-12-14-36(34,35)15-13-32)31-20-8-5-18(16-21(20)30-23)25(33)29-9-1-2-22-27-10-11-28-22/h3-8,10-11,16H,1-2,9,12-15H2,(H,27,28)(H,29,33). The minimum Gasteiger partial charge on any atom is -0.353 e. The molecule has 0 unspecified atom stereocenters. The molecule has 1 aliphatic rings. The maximum Gasteiger partial charge on any atom is 0.251 e. The van der Waals surface area contributed by atoms with Crippen molar-refractivity contribution in [2.75, 3.05) is 36.0 Å². The molecule has 1 aliphatic heterocycles. The highest BCUT2D eigenvalue weighted by Gasteiger charge is 2.26. The minimum absolute atomic E-state index is 0.0363. The number of halogens is 1. The summed E-state index contributed by atoms with van der Waals surface area (Å²) in [5.74, 6) is 0.902. The van der Waals surface area contributed by atoms with Crippen LogP contribution < -0.4 is 10.2 Å². The molecule has 1 amide bonds. The van der Waals surface area contributed by atoms with E-state index in [0.29, 0.717) is 53.3 Å². The van der Waals surface area contributed by atoms with Crippen LogP contribution in [0.4, 0.5) is 10.2 Å². The molecular formula is C25H25FN6O3S. The Morgan fingerprint density at radius 2 is 1.83 bits per heavy atom. The van der Waals surface area contributed by atoms with Gasteiger partial charge in [0.2, 0.25) is 0 Å². The highest BCUT2D eigenvalue weighted by molar-refractivity contribution is 7.91. The molecule has 5 rings (SSSR count). The summed E-state index contributed by atoms with van der Waals surface area (Å²) >= 11 is 0. The fourth-order valence-electron chi connectivity index (χ4n) is 4.13. The molecule has 0 atom stereocenters. The molecule has 0 saturated carbocycles. The van der Waals surface area contributed by atoms with Gasteiger partial charge in [-0.25, -0.2) is 27.8 Å². The molecule has 2 aromatic carbocycles. The summed E-state index contributed by atoms with van der Waals surface area (Å²) in [5.41, 5.74) is 2.72. The van der Waals surface area contributed by atoms with Gasteiger partial charge in [-0.15, -0.1) is 0 Å². The molecule has 2 aromatic heterocycles. The van der Waals surface area contributed by atoms with Crippen molar-refractivity contribution in [2.24, 2.45) is 0 Å². The molecule has 36 heavy (non-hydrogen) atoms. The Labute approximate surface area is 207 Å². The highest BCUT2D eigenvalue weighted by atomic mass is 32.2. The van der Waals surface area contributed by atoms with E-state index >= 15 is 0 Å². The van der Waals surface area contributed by atoms with Crippen LogP contribution in [0.2, 0.25) is 0 Å². The fraction of sp³-hybridized carbons (Fsp3) is 0.280. The van der Waals surface area contributed by atoms with Crippen LogP contribution >= 0.6 is 0 Å². The summed E-state index contributed by atoms with van der Waals surface area (Å²) < 4.78 is 37.5. The Balaban J connectivity index is 1.42. The normalized spacial score (nSPS) is 15.2. The van der Waals surface area contributed by atoms with Crippen molar-refractivity contribution in [3.05, 3.63) is 72.1 Å². The number of carbonyl (C=O) groups is 1. The molecule has 1 saturated heterocycles. The predicted octanol–water partition coefficient (Wildman–Crippen LogP) is 2.76. The van der Waals surface area contributed by atoms with Gasteiger partial charge in [0.05, 0.1) is 22.5 Å². The van der Waals surface area contributed by atoms with Gasteiger partial charge in [0.1, 0.15) is 17.3 Å². The van der Waals surface area contributed by atoms with Crippen LogP contribution in [0, 0.1) is 5.82 Å². The summed E-state index contributed by atoms with van der Waals surface area (Å²) in [6, 6.07) is 11.0. The van der Waals surface area contributed by atoms with E-state index in [4.69, 9.17) is 9.97 Å². The summed E-state index contributed by atoms with van der Waals surface area (Å²) in [4.78, 5) is 31.4. The number of hydrogen-bond acceptors (Lipinski definition) is 7. The van der Waals surface area contributed by atoms with Crippen LogP contribution in [-0.4, -0.2) is 65.4 Å². The quantitative estimate of drug-likeness (QED) is 0.368. The number of nitrogens with one attached hydrogen (secondary N) is 2. The summed E-state index contributed by atoms with van der Waals surface area (Å²) in [6.07, 6.45) is 4.94.